The van der Waals surface area contributed by atoms with E-state index in [0.717, 1.165) is 32.5 Å². The van der Waals surface area contributed by atoms with Gasteiger partial charge < -0.3 is 10.1 Å². The lowest BCUT2D eigenvalue weighted by atomic mass is 10.1. The molecule has 1 aliphatic heterocycles. The van der Waals surface area contributed by atoms with E-state index in [1.54, 1.807) is 0 Å². The quantitative estimate of drug-likeness (QED) is 0.732. The number of alkyl halides is 1. The summed E-state index contributed by atoms with van der Waals surface area (Å²) in [7, 11) is 0. The van der Waals surface area contributed by atoms with Gasteiger partial charge in [-0.2, -0.15) is 0 Å². The molecule has 1 aliphatic rings. The number of ether oxygens (including phenoxy) is 1. The van der Waals surface area contributed by atoms with Gasteiger partial charge in [0.2, 0.25) is 5.91 Å². The minimum absolute atomic E-state index is 0.0619. The maximum atomic E-state index is 11.5. The zero-order valence-electron chi connectivity index (χ0n) is 8.59. The van der Waals surface area contributed by atoms with Gasteiger partial charge in [-0.25, -0.2) is 0 Å². The van der Waals surface area contributed by atoms with Crippen molar-refractivity contribution in [2.45, 2.75) is 32.2 Å². The van der Waals surface area contributed by atoms with Crippen LogP contribution in [-0.2, 0) is 9.53 Å². The first-order valence-corrected chi connectivity index (χ1v) is 5.71. The van der Waals surface area contributed by atoms with Crippen LogP contribution in [-0.4, -0.2) is 31.0 Å². The summed E-state index contributed by atoms with van der Waals surface area (Å²) in [6.45, 7) is 3.41. The second-order valence-corrected chi connectivity index (χ2v) is 4.11. The molecule has 1 heterocycles. The second kappa shape index (κ2) is 6.25. The van der Waals surface area contributed by atoms with E-state index in [9.17, 15) is 4.79 Å². The van der Waals surface area contributed by atoms with E-state index in [2.05, 4.69) is 5.32 Å². The highest BCUT2D eigenvalue weighted by Crippen LogP contribution is 2.09. The molecular formula is C10H18ClNO2. The number of amides is 1. The highest BCUT2D eigenvalue weighted by molar-refractivity contribution is 6.19. The summed E-state index contributed by atoms with van der Waals surface area (Å²) < 4.78 is 5.32. The summed E-state index contributed by atoms with van der Waals surface area (Å²) in [5, 5.41) is 3.01. The summed E-state index contributed by atoms with van der Waals surface area (Å²) in [5.41, 5.74) is 0. The van der Waals surface area contributed by atoms with Crippen molar-refractivity contribution >= 4 is 17.5 Å². The molecule has 1 saturated heterocycles. The molecule has 0 saturated carbocycles. The molecule has 0 bridgehead atoms. The van der Waals surface area contributed by atoms with Gasteiger partial charge in [0.25, 0.3) is 0 Å². The predicted molar refractivity (Wildman–Crippen MR) is 56.5 cm³/mol. The zero-order valence-corrected chi connectivity index (χ0v) is 9.35. The molecule has 1 amide bonds. The molecule has 82 valence electrons. The standard InChI is InChI=1S/C10H18ClNO2/c1-8(7-11)10(13)12-9-3-2-5-14-6-4-9/h8-9H,2-7H2,1H3,(H,12,13). The Morgan fingerprint density at radius 1 is 1.57 bits per heavy atom. The van der Waals surface area contributed by atoms with E-state index in [1.807, 2.05) is 6.92 Å². The van der Waals surface area contributed by atoms with Crippen LogP contribution in [0.4, 0.5) is 0 Å². The molecule has 2 unspecified atom stereocenters. The summed E-state index contributed by atoms with van der Waals surface area (Å²) in [6, 6.07) is 0.274. The van der Waals surface area contributed by atoms with Crippen molar-refractivity contribution in [1.82, 2.24) is 5.32 Å². The first-order valence-electron chi connectivity index (χ1n) is 5.18. The Morgan fingerprint density at radius 2 is 2.36 bits per heavy atom. The first-order chi connectivity index (χ1) is 6.74. The Morgan fingerprint density at radius 3 is 3.07 bits per heavy atom. The number of hydrogen-bond acceptors (Lipinski definition) is 2. The number of hydrogen-bond donors (Lipinski definition) is 1. The topological polar surface area (TPSA) is 38.3 Å². The molecule has 3 nitrogen and oxygen atoms in total. The number of rotatable bonds is 3. The SMILES string of the molecule is CC(CCl)C(=O)NC1CCCOCC1. The smallest absolute Gasteiger partial charge is 0.224 e. The maximum absolute atomic E-state index is 11.5. The molecule has 0 aromatic carbocycles. The third kappa shape index (κ3) is 3.84. The van der Waals surface area contributed by atoms with Crippen LogP contribution in [0.25, 0.3) is 0 Å². The van der Waals surface area contributed by atoms with Crippen LogP contribution in [0.15, 0.2) is 0 Å². The van der Waals surface area contributed by atoms with Crippen LogP contribution in [0.1, 0.15) is 26.2 Å². The normalized spacial score (nSPS) is 25.1. The third-order valence-electron chi connectivity index (χ3n) is 2.48. The van der Waals surface area contributed by atoms with Crippen molar-refractivity contribution in [3.63, 3.8) is 0 Å². The fourth-order valence-corrected chi connectivity index (χ4v) is 1.60. The van der Waals surface area contributed by atoms with Gasteiger partial charge in [0, 0.05) is 31.1 Å². The second-order valence-electron chi connectivity index (χ2n) is 3.80. The highest BCUT2D eigenvalue weighted by atomic mass is 35.5. The van der Waals surface area contributed by atoms with E-state index in [1.165, 1.54) is 0 Å². The molecule has 1 N–H and O–H groups in total. The molecular weight excluding hydrogens is 202 g/mol. The van der Waals surface area contributed by atoms with Crippen LogP contribution >= 0.6 is 11.6 Å². The Labute approximate surface area is 90.1 Å². The van der Waals surface area contributed by atoms with Crippen molar-refractivity contribution in [2.75, 3.05) is 19.1 Å². The van der Waals surface area contributed by atoms with Crippen LogP contribution in [0.2, 0.25) is 0 Å². The van der Waals surface area contributed by atoms with E-state index in [4.69, 9.17) is 16.3 Å². The fourth-order valence-electron chi connectivity index (χ4n) is 1.46. The third-order valence-corrected chi connectivity index (χ3v) is 2.94. The Hall–Kier alpha value is -0.280. The minimum Gasteiger partial charge on any atom is -0.381 e. The molecule has 4 heteroatoms. The molecule has 0 aromatic heterocycles. The lowest BCUT2D eigenvalue weighted by Gasteiger charge is -2.17. The Bertz CT molecular complexity index is 179. The maximum Gasteiger partial charge on any atom is 0.224 e. The van der Waals surface area contributed by atoms with Crippen molar-refractivity contribution in [2.24, 2.45) is 5.92 Å². The molecule has 0 aromatic rings. The van der Waals surface area contributed by atoms with Crippen LogP contribution in [0.3, 0.4) is 0 Å². The van der Waals surface area contributed by atoms with Crippen molar-refractivity contribution in [3.8, 4) is 0 Å². The average Bonchev–Trinajstić information content (AvgIpc) is 2.45. The van der Waals surface area contributed by atoms with Crippen molar-refractivity contribution in [1.29, 1.82) is 0 Å². The van der Waals surface area contributed by atoms with Gasteiger partial charge >= 0.3 is 0 Å². The predicted octanol–water partition coefficient (Wildman–Crippen LogP) is 1.55. The van der Waals surface area contributed by atoms with E-state index < -0.39 is 0 Å². The lowest BCUT2D eigenvalue weighted by Crippen LogP contribution is -2.38. The Balaban J connectivity index is 2.30. The molecule has 0 radical (unpaired) electrons. The number of halogens is 1. The van der Waals surface area contributed by atoms with Gasteiger partial charge in [-0.1, -0.05) is 6.92 Å². The average molecular weight is 220 g/mol. The molecule has 0 spiro atoms. The van der Waals surface area contributed by atoms with Crippen molar-refractivity contribution < 1.29 is 9.53 Å². The lowest BCUT2D eigenvalue weighted by molar-refractivity contribution is -0.124. The van der Waals surface area contributed by atoms with E-state index in [-0.39, 0.29) is 17.9 Å². The largest absolute Gasteiger partial charge is 0.381 e. The first kappa shape index (κ1) is 11.8. The fraction of sp³-hybridized carbons (Fsp3) is 0.900. The van der Waals surface area contributed by atoms with Gasteiger partial charge in [0.15, 0.2) is 0 Å². The van der Waals surface area contributed by atoms with Crippen LogP contribution < -0.4 is 5.32 Å². The Kier molecular flexibility index (Phi) is 5.26. The van der Waals surface area contributed by atoms with Crippen molar-refractivity contribution in [3.05, 3.63) is 0 Å². The molecule has 0 aliphatic carbocycles. The van der Waals surface area contributed by atoms with E-state index in [0.29, 0.717) is 5.88 Å². The van der Waals surface area contributed by atoms with Gasteiger partial charge in [-0.05, 0) is 19.3 Å². The highest BCUT2D eigenvalue weighted by Gasteiger charge is 2.18. The number of nitrogens with one attached hydrogen (secondary N) is 1. The van der Waals surface area contributed by atoms with E-state index >= 15 is 0 Å². The monoisotopic (exact) mass is 219 g/mol. The number of carbonyl (C=O) groups is 1. The van der Waals surface area contributed by atoms with Gasteiger partial charge in [-0.15, -0.1) is 11.6 Å². The summed E-state index contributed by atoms with van der Waals surface area (Å²) in [4.78, 5) is 11.5. The molecule has 2 atom stereocenters. The summed E-state index contributed by atoms with van der Waals surface area (Å²) in [6.07, 6.45) is 2.96. The van der Waals surface area contributed by atoms with Gasteiger partial charge in [0.05, 0.1) is 0 Å². The molecule has 1 rings (SSSR count). The van der Waals surface area contributed by atoms with Gasteiger partial charge in [0.1, 0.15) is 0 Å². The molecule has 14 heavy (non-hydrogen) atoms. The summed E-state index contributed by atoms with van der Waals surface area (Å²) in [5.74, 6) is 0.349. The zero-order chi connectivity index (χ0) is 10.4. The molecule has 1 fully saturated rings. The van der Waals surface area contributed by atoms with Crippen LogP contribution in [0.5, 0.6) is 0 Å². The number of carbonyl (C=O) groups excluding carboxylic acids is 1. The van der Waals surface area contributed by atoms with Gasteiger partial charge in [-0.3, -0.25) is 4.79 Å². The summed E-state index contributed by atoms with van der Waals surface area (Å²) >= 11 is 5.61. The minimum atomic E-state index is -0.0964. The van der Waals surface area contributed by atoms with Crippen LogP contribution in [0, 0.1) is 5.92 Å².